The third-order valence-electron chi connectivity index (χ3n) is 3.35. The highest BCUT2D eigenvalue weighted by Crippen LogP contribution is 2.35. The molecule has 2 aromatic carbocycles. The van der Waals surface area contributed by atoms with Crippen LogP contribution in [-0.2, 0) is 7.05 Å². The van der Waals surface area contributed by atoms with Crippen molar-refractivity contribution in [2.75, 3.05) is 5.73 Å². The van der Waals surface area contributed by atoms with E-state index < -0.39 is 5.97 Å². The normalized spacial score (nSPS) is 10.7. The molecule has 106 valence electrons. The number of carbonyl (C=O) groups is 1. The van der Waals surface area contributed by atoms with Crippen molar-refractivity contribution in [3.63, 3.8) is 0 Å². The first-order valence-corrected chi connectivity index (χ1v) is 6.41. The number of para-hydroxylation sites is 2. The van der Waals surface area contributed by atoms with Gasteiger partial charge in [0, 0.05) is 13.2 Å². The van der Waals surface area contributed by atoms with E-state index >= 15 is 0 Å². The molecule has 0 spiro atoms. The van der Waals surface area contributed by atoms with Gasteiger partial charge >= 0.3 is 5.97 Å². The predicted molar refractivity (Wildman–Crippen MR) is 80.8 cm³/mol. The SMILES string of the molecule is Cn1cc(Oc2ccccc2N)c2c(C(=O)O)cccc21. The van der Waals surface area contributed by atoms with Crippen molar-refractivity contribution in [1.82, 2.24) is 4.57 Å². The first-order valence-electron chi connectivity index (χ1n) is 6.41. The molecule has 0 radical (unpaired) electrons. The lowest BCUT2D eigenvalue weighted by Gasteiger charge is -2.07. The van der Waals surface area contributed by atoms with Gasteiger partial charge in [-0.3, -0.25) is 0 Å². The van der Waals surface area contributed by atoms with Crippen molar-refractivity contribution < 1.29 is 14.6 Å². The molecule has 3 rings (SSSR count). The smallest absolute Gasteiger partial charge is 0.336 e. The van der Waals surface area contributed by atoms with E-state index in [1.54, 1.807) is 30.5 Å². The highest BCUT2D eigenvalue weighted by Gasteiger charge is 2.17. The highest BCUT2D eigenvalue weighted by atomic mass is 16.5. The van der Waals surface area contributed by atoms with Crippen LogP contribution in [0, 0.1) is 0 Å². The molecule has 0 amide bonds. The van der Waals surface area contributed by atoms with E-state index in [0.717, 1.165) is 5.52 Å². The zero-order valence-electron chi connectivity index (χ0n) is 11.4. The van der Waals surface area contributed by atoms with E-state index in [0.29, 0.717) is 22.6 Å². The summed E-state index contributed by atoms with van der Waals surface area (Å²) in [6.45, 7) is 0. The lowest BCUT2D eigenvalue weighted by atomic mass is 10.1. The summed E-state index contributed by atoms with van der Waals surface area (Å²) in [4.78, 5) is 11.4. The minimum absolute atomic E-state index is 0.206. The Kier molecular flexibility index (Phi) is 3.02. The highest BCUT2D eigenvalue weighted by molar-refractivity contribution is 6.06. The monoisotopic (exact) mass is 282 g/mol. The lowest BCUT2D eigenvalue weighted by molar-refractivity contribution is 0.0699. The number of nitrogen functional groups attached to an aromatic ring is 1. The zero-order valence-corrected chi connectivity index (χ0v) is 11.4. The number of fused-ring (bicyclic) bond motifs is 1. The van der Waals surface area contributed by atoms with E-state index in [9.17, 15) is 9.90 Å². The van der Waals surface area contributed by atoms with Gasteiger partial charge in [0.1, 0.15) is 5.75 Å². The Hall–Kier alpha value is -2.95. The molecule has 0 saturated heterocycles. The first-order chi connectivity index (χ1) is 10.1. The fourth-order valence-corrected chi connectivity index (χ4v) is 2.35. The molecule has 21 heavy (non-hydrogen) atoms. The second-order valence-electron chi connectivity index (χ2n) is 4.75. The Morgan fingerprint density at radius 3 is 2.62 bits per heavy atom. The molecule has 0 aliphatic rings. The molecule has 3 aromatic rings. The van der Waals surface area contributed by atoms with Crippen LogP contribution in [0.2, 0.25) is 0 Å². The summed E-state index contributed by atoms with van der Waals surface area (Å²) >= 11 is 0. The van der Waals surface area contributed by atoms with Crippen LogP contribution < -0.4 is 10.5 Å². The molecule has 0 fully saturated rings. The number of aryl methyl sites for hydroxylation is 1. The number of carboxylic acids is 1. The predicted octanol–water partition coefficient (Wildman–Crippen LogP) is 3.25. The Morgan fingerprint density at radius 2 is 1.90 bits per heavy atom. The second kappa shape index (κ2) is 4.86. The maximum atomic E-state index is 11.4. The van der Waals surface area contributed by atoms with Crippen LogP contribution >= 0.6 is 0 Å². The van der Waals surface area contributed by atoms with Gasteiger partial charge in [-0.05, 0) is 24.3 Å². The van der Waals surface area contributed by atoms with E-state index in [1.165, 1.54) is 0 Å². The number of hydrogen-bond acceptors (Lipinski definition) is 3. The van der Waals surface area contributed by atoms with Crippen LogP contribution in [0.1, 0.15) is 10.4 Å². The van der Waals surface area contributed by atoms with Gasteiger partial charge in [-0.2, -0.15) is 0 Å². The number of carboxylic acid groups (broad SMARTS) is 1. The van der Waals surface area contributed by atoms with E-state index in [-0.39, 0.29) is 5.56 Å². The third kappa shape index (κ3) is 2.18. The molecule has 0 atom stereocenters. The molecule has 0 saturated carbocycles. The Bertz CT molecular complexity index is 837. The Labute approximate surface area is 121 Å². The van der Waals surface area contributed by atoms with Gasteiger partial charge < -0.3 is 20.1 Å². The number of nitrogens with two attached hydrogens (primary N) is 1. The molecule has 0 unspecified atom stereocenters. The fourth-order valence-electron chi connectivity index (χ4n) is 2.35. The Balaban J connectivity index is 2.19. The summed E-state index contributed by atoms with van der Waals surface area (Å²) < 4.78 is 7.65. The lowest BCUT2D eigenvalue weighted by Crippen LogP contribution is -1.98. The number of aromatic nitrogens is 1. The maximum Gasteiger partial charge on any atom is 0.336 e. The number of ether oxygens (including phenoxy) is 1. The third-order valence-corrected chi connectivity index (χ3v) is 3.35. The largest absolute Gasteiger partial charge is 0.478 e. The molecule has 1 aromatic heterocycles. The molecule has 5 heteroatoms. The van der Waals surface area contributed by atoms with Crippen molar-refractivity contribution in [3.05, 3.63) is 54.2 Å². The van der Waals surface area contributed by atoms with Gasteiger partial charge in [0.25, 0.3) is 0 Å². The van der Waals surface area contributed by atoms with Gasteiger partial charge in [-0.15, -0.1) is 0 Å². The van der Waals surface area contributed by atoms with Gasteiger partial charge in [-0.25, -0.2) is 4.79 Å². The van der Waals surface area contributed by atoms with Crippen molar-refractivity contribution in [1.29, 1.82) is 0 Å². The average Bonchev–Trinajstić information content (AvgIpc) is 2.78. The van der Waals surface area contributed by atoms with E-state index in [2.05, 4.69) is 0 Å². The average molecular weight is 282 g/mol. The fraction of sp³-hybridized carbons (Fsp3) is 0.0625. The summed E-state index contributed by atoms with van der Waals surface area (Å²) in [5, 5.41) is 9.91. The minimum atomic E-state index is -0.988. The number of hydrogen-bond donors (Lipinski definition) is 2. The number of nitrogens with zero attached hydrogens (tertiary/aromatic N) is 1. The molecule has 1 heterocycles. The van der Waals surface area contributed by atoms with Gasteiger partial charge in [0.05, 0.1) is 22.2 Å². The minimum Gasteiger partial charge on any atom is -0.478 e. The van der Waals surface area contributed by atoms with E-state index in [1.807, 2.05) is 29.8 Å². The van der Waals surface area contributed by atoms with Gasteiger partial charge in [0.2, 0.25) is 0 Å². The standard InChI is InChI=1S/C16H14N2O3/c1-18-9-14(21-13-8-3-2-6-11(13)17)15-10(16(19)20)5-4-7-12(15)18/h2-9H,17H2,1H3,(H,19,20). The number of anilines is 1. The van der Waals surface area contributed by atoms with E-state index in [4.69, 9.17) is 10.5 Å². The number of benzene rings is 2. The first kappa shape index (κ1) is 13.1. The van der Waals surface area contributed by atoms with Crippen LogP contribution in [0.15, 0.2) is 48.7 Å². The summed E-state index contributed by atoms with van der Waals surface area (Å²) in [5.41, 5.74) is 7.37. The topological polar surface area (TPSA) is 77.5 Å². The van der Waals surface area contributed by atoms with Crippen LogP contribution in [-0.4, -0.2) is 15.6 Å². The molecular weight excluding hydrogens is 268 g/mol. The molecule has 0 aliphatic heterocycles. The van der Waals surface area contributed by atoms with Crippen molar-refractivity contribution in [2.24, 2.45) is 7.05 Å². The number of rotatable bonds is 3. The second-order valence-corrected chi connectivity index (χ2v) is 4.75. The molecule has 0 aliphatic carbocycles. The van der Waals surface area contributed by atoms with Gasteiger partial charge in [0.15, 0.2) is 5.75 Å². The summed E-state index contributed by atoms with van der Waals surface area (Å²) in [6, 6.07) is 12.2. The molecule has 3 N–H and O–H groups in total. The van der Waals surface area contributed by atoms with Crippen molar-refractivity contribution in [2.45, 2.75) is 0 Å². The molecule has 5 nitrogen and oxygen atoms in total. The summed E-state index contributed by atoms with van der Waals surface area (Å²) in [7, 11) is 1.84. The van der Waals surface area contributed by atoms with Crippen LogP contribution in [0.3, 0.4) is 0 Å². The van der Waals surface area contributed by atoms with Crippen LogP contribution in [0.4, 0.5) is 5.69 Å². The molecule has 0 bridgehead atoms. The van der Waals surface area contributed by atoms with Crippen LogP contribution in [0.5, 0.6) is 11.5 Å². The summed E-state index contributed by atoms with van der Waals surface area (Å²) in [6.07, 6.45) is 1.75. The Morgan fingerprint density at radius 1 is 1.14 bits per heavy atom. The van der Waals surface area contributed by atoms with Gasteiger partial charge in [-0.1, -0.05) is 18.2 Å². The van der Waals surface area contributed by atoms with Crippen LogP contribution in [0.25, 0.3) is 10.9 Å². The summed E-state index contributed by atoms with van der Waals surface area (Å²) in [5.74, 6) is -0.00808. The quantitative estimate of drug-likeness (QED) is 0.723. The van der Waals surface area contributed by atoms with Crippen molar-refractivity contribution in [3.8, 4) is 11.5 Å². The molecular formula is C16H14N2O3. The number of aromatic carboxylic acids is 1. The zero-order chi connectivity index (χ0) is 15.0. The van der Waals surface area contributed by atoms with Crippen molar-refractivity contribution >= 4 is 22.6 Å². The maximum absolute atomic E-state index is 11.4.